The van der Waals surface area contributed by atoms with Crippen LogP contribution in [-0.4, -0.2) is 28.7 Å². The molecule has 0 bridgehead atoms. The standard InChI is InChI=1S/C14H15ClFN3O2/c1-14(2,3)21-13(20)19(4)11-8-6-5-7-9(16)10(8)17-12(15)18-11/h5-7H,1-4H3. The SMILES string of the molecule is CN(C(=O)OC(C)(C)C)c1nc(Cl)nc2c(F)cccc12. The molecule has 1 amide bonds. The Hall–Kier alpha value is -1.95. The topological polar surface area (TPSA) is 55.3 Å². The number of halogens is 2. The molecule has 0 aliphatic carbocycles. The normalized spacial score (nSPS) is 11.5. The van der Waals surface area contributed by atoms with Crippen molar-refractivity contribution in [3.8, 4) is 0 Å². The maximum Gasteiger partial charge on any atom is 0.415 e. The second-order valence-corrected chi connectivity index (χ2v) is 5.83. The number of para-hydroxylation sites is 1. The third kappa shape index (κ3) is 3.39. The van der Waals surface area contributed by atoms with Gasteiger partial charge in [-0.25, -0.2) is 14.2 Å². The highest BCUT2D eigenvalue weighted by molar-refractivity contribution is 6.29. The van der Waals surface area contributed by atoms with Gasteiger partial charge in [0.25, 0.3) is 0 Å². The summed E-state index contributed by atoms with van der Waals surface area (Å²) in [5.41, 5.74) is -0.591. The summed E-state index contributed by atoms with van der Waals surface area (Å²) < 4.78 is 19.1. The van der Waals surface area contributed by atoms with Crippen molar-refractivity contribution < 1.29 is 13.9 Å². The minimum atomic E-state index is -0.650. The molecule has 2 aromatic rings. The predicted octanol–water partition coefficient (Wildman–Crippen LogP) is 3.79. The number of benzene rings is 1. The molecule has 0 aliphatic heterocycles. The van der Waals surface area contributed by atoms with Crippen LogP contribution in [0.3, 0.4) is 0 Å². The molecule has 7 heteroatoms. The summed E-state index contributed by atoms with van der Waals surface area (Å²) in [7, 11) is 1.48. The van der Waals surface area contributed by atoms with Crippen LogP contribution < -0.4 is 4.90 Å². The van der Waals surface area contributed by atoms with Gasteiger partial charge in [-0.05, 0) is 44.5 Å². The zero-order valence-corrected chi connectivity index (χ0v) is 12.9. The molecule has 1 heterocycles. The summed E-state index contributed by atoms with van der Waals surface area (Å²) in [5.74, 6) is -0.339. The molecule has 21 heavy (non-hydrogen) atoms. The Labute approximate surface area is 126 Å². The summed E-state index contributed by atoms with van der Waals surface area (Å²) in [6, 6.07) is 4.40. The van der Waals surface area contributed by atoms with E-state index in [1.165, 1.54) is 24.1 Å². The average molecular weight is 312 g/mol. The van der Waals surface area contributed by atoms with Gasteiger partial charge in [0.15, 0.2) is 5.82 Å². The molecule has 0 saturated carbocycles. The van der Waals surface area contributed by atoms with E-state index in [1.807, 2.05) is 0 Å². The van der Waals surface area contributed by atoms with Crippen LogP contribution in [0.5, 0.6) is 0 Å². The molecule has 0 aliphatic rings. The molecule has 0 atom stereocenters. The van der Waals surface area contributed by atoms with Crippen molar-refractivity contribution in [1.29, 1.82) is 0 Å². The molecular formula is C14H15ClFN3O2. The molecule has 0 fully saturated rings. The first kappa shape index (κ1) is 15.4. The van der Waals surface area contributed by atoms with Crippen LogP contribution in [0.2, 0.25) is 5.28 Å². The van der Waals surface area contributed by atoms with Crippen molar-refractivity contribution in [2.45, 2.75) is 26.4 Å². The Bertz CT molecular complexity index is 700. The van der Waals surface area contributed by atoms with Gasteiger partial charge in [0.05, 0.1) is 0 Å². The highest BCUT2D eigenvalue weighted by Gasteiger charge is 2.23. The number of rotatable bonds is 1. The van der Waals surface area contributed by atoms with Crippen LogP contribution in [0.25, 0.3) is 10.9 Å². The number of carbonyl (C=O) groups excluding carboxylic acids is 1. The first-order chi connectivity index (χ1) is 9.69. The highest BCUT2D eigenvalue weighted by Crippen LogP contribution is 2.27. The molecule has 1 aromatic heterocycles. The largest absolute Gasteiger partial charge is 0.443 e. The zero-order chi connectivity index (χ0) is 15.8. The zero-order valence-electron chi connectivity index (χ0n) is 12.1. The van der Waals surface area contributed by atoms with Gasteiger partial charge < -0.3 is 4.74 Å². The van der Waals surface area contributed by atoms with E-state index >= 15 is 0 Å². The van der Waals surface area contributed by atoms with Crippen molar-refractivity contribution in [3.05, 3.63) is 29.3 Å². The summed E-state index contributed by atoms with van der Waals surface area (Å²) in [6.07, 6.45) is -0.608. The van der Waals surface area contributed by atoms with Gasteiger partial charge in [0, 0.05) is 12.4 Å². The first-order valence-corrected chi connectivity index (χ1v) is 6.65. The van der Waals surface area contributed by atoms with Crippen LogP contribution >= 0.6 is 11.6 Å². The Morgan fingerprint density at radius 2 is 2.00 bits per heavy atom. The number of hydrogen-bond acceptors (Lipinski definition) is 4. The number of ether oxygens (including phenoxy) is 1. The van der Waals surface area contributed by atoms with E-state index < -0.39 is 17.5 Å². The molecule has 0 saturated heterocycles. The second-order valence-electron chi connectivity index (χ2n) is 5.49. The van der Waals surface area contributed by atoms with E-state index in [-0.39, 0.29) is 16.6 Å². The minimum absolute atomic E-state index is 0.0582. The average Bonchev–Trinajstić information content (AvgIpc) is 2.36. The number of aromatic nitrogens is 2. The molecular weight excluding hydrogens is 297 g/mol. The van der Waals surface area contributed by atoms with Gasteiger partial charge in [-0.3, -0.25) is 4.90 Å². The highest BCUT2D eigenvalue weighted by atomic mass is 35.5. The Morgan fingerprint density at radius 3 is 2.62 bits per heavy atom. The number of nitrogens with zero attached hydrogens (tertiary/aromatic N) is 3. The lowest BCUT2D eigenvalue weighted by molar-refractivity contribution is 0.0588. The number of anilines is 1. The third-order valence-electron chi connectivity index (χ3n) is 2.61. The Balaban J connectivity index is 2.51. The van der Waals surface area contributed by atoms with Crippen molar-refractivity contribution in [2.24, 2.45) is 0 Å². The first-order valence-electron chi connectivity index (χ1n) is 6.27. The van der Waals surface area contributed by atoms with Gasteiger partial charge in [-0.2, -0.15) is 4.98 Å². The monoisotopic (exact) mass is 311 g/mol. The molecule has 112 valence electrons. The Kier molecular flexibility index (Phi) is 4.00. The van der Waals surface area contributed by atoms with E-state index in [1.54, 1.807) is 26.8 Å². The van der Waals surface area contributed by atoms with E-state index in [4.69, 9.17) is 16.3 Å². The molecule has 0 unspecified atom stereocenters. The molecule has 2 rings (SSSR count). The lowest BCUT2D eigenvalue weighted by atomic mass is 10.2. The summed E-state index contributed by atoms with van der Waals surface area (Å²) in [4.78, 5) is 21.1. The van der Waals surface area contributed by atoms with Crippen molar-refractivity contribution >= 4 is 34.4 Å². The number of amides is 1. The summed E-state index contributed by atoms with van der Waals surface area (Å²) in [5, 5.41) is 0.241. The molecule has 0 spiro atoms. The van der Waals surface area contributed by atoms with Gasteiger partial charge in [0.1, 0.15) is 16.9 Å². The van der Waals surface area contributed by atoms with E-state index in [2.05, 4.69) is 9.97 Å². The number of fused-ring (bicyclic) bond motifs is 1. The summed E-state index contributed by atoms with van der Waals surface area (Å²) >= 11 is 5.81. The van der Waals surface area contributed by atoms with Crippen LogP contribution in [0, 0.1) is 5.82 Å². The van der Waals surface area contributed by atoms with Crippen LogP contribution in [-0.2, 0) is 4.74 Å². The van der Waals surface area contributed by atoms with Gasteiger partial charge in [-0.1, -0.05) is 6.07 Å². The maximum absolute atomic E-state index is 13.8. The fraction of sp³-hybridized carbons (Fsp3) is 0.357. The van der Waals surface area contributed by atoms with Crippen molar-refractivity contribution in [2.75, 3.05) is 11.9 Å². The molecule has 0 N–H and O–H groups in total. The second kappa shape index (κ2) is 5.44. The molecule has 0 radical (unpaired) electrons. The number of carbonyl (C=O) groups is 1. The lowest BCUT2D eigenvalue weighted by Crippen LogP contribution is -2.34. The quantitative estimate of drug-likeness (QED) is 0.752. The smallest absolute Gasteiger partial charge is 0.415 e. The maximum atomic E-state index is 13.8. The predicted molar refractivity (Wildman–Crippen MR) is 79.1 cm³/mol. The molecule has 5 nitrogen and oxygen atoms in total. The minimum Gasteiger partial charge on any atom is -0.443 e. The van der Waals surface area contributed by atoms with Crippen molar-refractivity contribution in [1.82, 2.24) is 9.97 Å². The van der Waals surface area contributed by atoms with Crippen LogP contribution in [0.1, 0.15) is 20.8 Å². The fourth-order valence-electron chi connectivity index (χ4n) is 1.75. The van der Waals surface area contributed by atoms with E-state index in [0.29, 0.717) is 5.39 Å². The van der Waals surface area contributed by atoms with Gasteiger partial charge >= 0.3 is 6.09 Å². The summed E-state index contributed by atoms with van der Waals surface area (Å²) in [6.45, 7) is 5.26. The Morgan fingerprint density at radius 1 is 1.33 bits per heavy atom. The molecule has 1 aromatic carbocycles. The van der Waals surface area contributed by atoms with E-state index in [9.17, 15) is 9.18 Å². The van der Waals surface area contributed by atoms with Gasteiger partial charge in [0.2, 0.25) is 5.28 Å². The van der Waals surface area contributed by atoms with Crippen LogP contribution in [0.15, 0.2) is 18.2 Å². The fourth-order valence-corrected chi connectivity index (χ4v) is 1.91. The lowest BCUT2D eigenvalue weighted by Gasteiger charge is -2.24. The number of hydrogen-bond donors (Lipinski definition) is 0. The van der Waals surface area contributed by atoms with Gasteiger partial charge in [-0.15, -0.1) is 0 Å². The van der Waals surface area contributed by atoms with Crippen LogP contribution in [0.4, 0.5) is 15.0 Å². The van der Waals surface area contributed by atoms with E-state index in [0.717, 1.165) is 0 Å². The third-order valence-corrected chi connectivity index (χ3v) is 2.78. The van der Waals surface area contributed by atoms with Crippen molar-refractivity contribution in [3.63, 3.8) is 0 Å².